The van der Waals surface area contributed by atoms with E-state index in [9.17, 15) is 4.79 Å². The molecule has 0 bridgehead atoms. The van der Waals surface area contributed by atoms with E-state index in [1.54, 1.807) is 25.9 Å². The average molecular weight is 425 g/mol. The summed E-state index contributed by atoms with van der Waals surface area (Å²) in [5.41, 5.74) is 3.42. The lowest BCUT2D eigenvalue weighted by molar-refractivity contribution is 0.0230. The maximum atomic E-state index is 13.5. The number of nitrogens with one attached hydrogen (secondary N) is 1. The zero-order chi connectivity index (χ0) is 22.6. The van der Waals surface area contributed by atoms with Crippen LogP contribution in [0.4, 0.5) is 0 Å². The molecule has 0 saturated carbocycles. The highest BCUT2D eigenvalue weighted by atomic mass is 16.5. The fourth-order valence-electron chi connectivity index (χ4n) is 3.50. The molecule has 0 unspecified atom stereocenters. The van der Waals surface area contributed by atoms with Gasteiger partial charge in [-0.3, -0.25) is 4.79 Å². The van der Waals surface area contributed by atoms with Gasteiger partial charge in [-0.2, -0.15) is 0 Å². The maximum absolute atomic E-state index is 13.5. The van der Waals surface area contributed by atoms with E-state index in [0.717, 1.165) is 16.5 Å². The van der Waals surface area contributed by atoms with E-state index in [1.165, 1.54) is 5.56 Å². The first-order valence-electron chi connectivity index (χ1n) is 10.4. The third-order valence-electron chi connectivity index (χ3n) is 5.55. The Morgan fingerprint density at radius 3 is 2.23 bits per heavy atom. The van der Waals surface area contributed by atoms with Crippen molar-refractivity contribution in [2.45, 2.75) is 39.5 Å². The highest BCUT2D eigenvalue weighted by molar-refractivity contribution is 5.84. The normalized spacial score (nSPS) is 11.7. The Labute approximate surface area is 183 Å². The maximum Gasteiger partial charge on any atom is 0.255 e. The summed E-state index contributed by atoms with van der Waals surface area (Å²) in [6.07, 6.45) is 0. The van der Waals surface area contributed by atoms with Gasteiger partial charge in [0.1, 0.15) is 0 Å². The van der Waals surface area contributed by atoms with Crippen LogP contribution < -0.4 is 20.3 Å². The Morgan fingerprint density at radius 1 is 0.968 bits per heavy atom. The molecule has 0 aliphatic rings. The van der Waals surface area contributed by atoms with Crippen molar-refractivity contribution in [1.82, 2.24) is 9.88 Å². The van der Waals surface area contributed by atoms with Gasteiger partial charge in [0.05, 0.1) is 31.9 Å². The Bertz CT molecular complexity index is 1100. The second-order valence-electron chi connectivity index (χ2n) is 8.38. The van der Waals surface area contributed by atoms with Crippen LogP contribution in [-0.4, -0.2) is 38.0 Å². The van der Waals surface area contributed by atoms with Gasteiger partial charge in [-0.1, -0.05) is 29.8 Å². The van der Waals surface area contributed by atoms with Crippen LogP contribution in [0.1, 0.15) is 30.5 Å². The van der Waals surface area contributed by atoms with Gasteiger partial charge in [0.2, 0.25) is 0 Å². The van der Waals surface area contributed by atoms with Crippen molar-refractivity contribution < 1.29 is 14.2 Å². The molecule has 0 radical (unpaired) electrons. The topological polar surface area (TPSA) is 61.7 Å². The first-order chi connectivity index (χ1) is 14.8. The van der Waals surface area contributed by atoms with E-state index in [4.69, 9.17) is 14.2 Å². The summed E-state index contributed by atoms with van der Waals surface area (Å²) >= 11 is 0. The first-order valence-corrected chi connectivity index (χ1v) is 10.4. The van der Waals surface area contributed by atoms with Gasteiger partial charge < -0.3 is 24.1 Å². The molecule has 3 aromatic rings. The molecule has 6 heteroatoms. The van der Waals surface area contributed by atoms with Crippen LogP contribution in [-0.2, 0) is 17.8 Å². The standard InChI is InChI=1S/C25H32N2O4/c1-17-7-9-18(10-8-17)15-27-21-13-23(30-5)22(29-4)12-19(21)11-20(24(27)28)14-26-16-25(2,3)31-6/h7-13,26H,14-16H2,1-6H3. The number of ether oxygens (including phenoxy) is 3. The highest BCUT2D eigenvalue weighted by Crippen LogP contribution is 2.32. The summed E-state index contributed by atoms with van der Waals surface area (Å²) in [4.78, 5) is 13.5. The van der Waals surface area contributed by atoms with E-state index < -0.39 is 0 Å². The van der Waals surface area contributed by atoms with Crippen LogP contribution in [0.2, 0.25) is 0 Å². The molecule has 31 heavy (non-hydrogen) atoms. The number of benzene rings is 2. The predicted octanol–water partition coefficient (Wildman–Crippen LogP) is 3.89. The van der Waals surface area contributed by atoms with E-state index in [2.05, 4.69) is 36.5 Å². The number of methoxy groups -OCH3 is 3. The van der Waals surface area contributed by atoms with Gasteiger partial charge in [0.15, 0.2) is 11.5 Å². The van der Waals surface area contributed by atoms with Crippen molar-refractivity contribution in [2.75, 3.05) is 27.9 Å². The van der Waals surface area contributed by atoms with Crippen molar-refractivity contribution in [3.05, 3.63) is 69.5 Å². The summed E-state index contributed by atoms with van der Waals surface area (Å²) in [6.45, 7) is 7.62. The lowest BCUT2D eigenvalue weighted by atomic mass is 10.1. The Balaban J connectivity index is 2.08. The minimum atomic E-state index is -0.311. The van der Waals surface area contributed by atoms with E-state index >= 15 is 0 Å². The van der Waals surface area contributed by atoms with Gasteiger partial charge in [-0.15, -0.1) is 0 Å². The molecule has 0 atom stereocenters. The van der Waals surface area contributed by atoms with Crippen LogP contribution in [0, 0.1) is 6.92 Å². The summed E-state index contributed by atoms with van der Waals surface area (Å²) in [5.74, 6) is 1.23. The van der Waals surface area contributed by atoms with Crippen molar-refractivity contribution in [3.8, 4) is 11.5 Å². The average Bonchev–Trinajstić information content (AvgIpc) is 2.76. The molecule has 0 amide bonds. The minimum absolute atomic E-state index is 0.0250. The number of hydrogen-bond acceptors (Lipinski definition) is 5. The zero-order valence-corrected chi connectivity index (χ0v) is 19.2. The van der Waals surface area contributed by atoms with Crippen molar-refractivity contribution in [2.24, 2.45) is 0 Å². The summed E-state index contributed by atoms with van der Waals surface area (Å²) in [5, 5.41) is 4.28. The Hall–Kier alpha value is -2.83. The smallest absolute Gasteiger partial charge is 0.255 e. The number of nitrogens with zero attached hydrogens (tertiary/aromatic N) is 1. The van der Waals surface area contributed by atoms with Gasteiger partial charge in [-0.25, -0.2) is 0 Å². The summed E-state index contributed by atoms with van der Waals surface area (Å²) in [6, 6.07) is 13.9. The minimum Gasteiger partial charge on any atom is -0.493 e. The van der Waals surface area contributed by atoms with Crippen LogP contribution in [0.25, 0.3) is 10.9 Å². The molecular formula is C25H32N2O4. The number of aromatic nitrogens is 1. The number of fused-ring (bicyclic) bond motifs is 1. The predicted molar refractivity (Wildman–Crippen MR) is 124 cm³/mol. The monoisotopic (exact) mass is 424 g/mol. The molecule has 1 N–H and O–H groups in total. The van der Waals surface area contributed by atoms with Crippen LogP contribution in [0.3, 0.4) is 0 Å². The molecule has 166 valence electrons. The van der Waals surface area contributed by atoms with Crippen molar-refractivity contribution >= 4 is 10.9 Å². The molecule has 0 saturated heterocycles. The van der Waals surface area contributed by atoms with Crippen LogP contribution in [0.15, 0.2) is 47.3 Å². The SMILES string of the molecule is COc1cc2cc(CNCC(C)(C)OC)c(=O)n(Cc3ccc(C)cc3)c2cc1OC. The summed E-state index contributed by atoms with van der Waals surface area (Å²) < 4.78 is 18.2. The molecule has 6 nitrogen and oxygen atoms in total. The van der Waals surface area contributed by atoms with Crippen molar-refractivity contribution in [1.29, 1.82) is 0 Å². The summed E-state index contributed by atoms with van der Waals surface area (Å²) in [7, 11) is 4.90. The second kappa shape index (κ2) is 9.54. The fourth-order valence-corrected chi connectivity index (χ4v) is 3.50. The van der Waals surface area contributed by atoms with Gasteiger partial charge in [-0.05, 0) is 38.5 Å². The molecule has 0 aliphatic heterocycles. The van der Waals surface area contributed by atoms with Crippen LogP contribution >= 0.6 is 0 Å². The molecule has 1 aromatic heterocycles. The second-order valence-corrected chi connectivity index (χ2v) is 8.38. The van der Waals surface area contributed by atoms with E-state index in [0.29, 0.717) is 36.7 Å². The quantitative estimate of drug-likeness (QED) is 0.565. The van der Waals surface area contributed by atoms with Crippen molar-refractivity contribution in [3.63, 3.8) is 0 Å². The molecule has 1 heterocycles. The molecule has 0 aliphatic carbocycles. The third kappa shape index (κ3) is 5.27. The lowest BCUT2D eigenvalue weighted by Gasteiger charge is -2.23. The molecule has 3 rings (SSSR count). The Morgan fingerprint density at radius 2 is 1.61 bits per heavy atom. The van der Waals surface area contributed by atoms with Gasteiger partial charge in [0.25, 0.3) is 5.56 Å². The zero-order valence-electron chi connectivity index (χ0n) is 19.2. The van der Waals surface area contributed by atoms with E-state index in [1.807, 2.05) is 32.0 Å². The highest BCUT2D eigenvalue weighted by Gasteiger charge is 2.17. The fraction of sp³-hybridized carbons (Fsp3) is 0.400. The van der Waals surface area contributed by atoms with E-state index in [-0.39, 0.29) is 11.2 Å². The van der Waals surface area contributed by atoms with Gasteiger partial charge >= 0.3 is 0 Å². The number of hydrogen-bond donors (Lipinski definition) is 1. The molecular weight excluding hydrogens is 392 g/mol. The Kier molecular flexibility index (Phi) is 7.03. The lowest BCUT2D eigenvalue weighted by Crippen LogP contribution is -2.37. The van der Waals surface area contributed by atoms with Crippen LogP contribution in [0.5, 0.6) is 11.5 Å². The van der Waals surface area contributed by atoms with Gasteiger partial charge in [0, 0.05) is 37.2 Å². The molecule has 0 fully saturated rings. The number of aryl methyl sites for hydroxylation is 1. The largest absolute Gasteiger partial charge is 0.493 e. The molecule has 2 aromatic carbocycles. The number of rotatable bonds is 9. The third-order valence-corrected chi connectivity index (χ3v) is 5.55. The number of pyridine rings is 1. The molecule has 0 spiro atoms. The first kappa shape index (κ1) is 22.8.